The molecule has 78 valence electrons. The van der Waals surface area contributed by atoms with Gasteiger partial charge in [-0.1, -0.05) is 24.9 Å². The Hall–Kier alpha value is -0.800. The van der Waals surface area contributed by atoms with Gasteiger partial charge in [-0.25, -0.2) is 4.39 Å². The Kier molecular flexibility index (Phi) is 3.72. The van der Waals surface area contributed by atoms with Gasteiger partial charge in [-0.3, -0.25) is 0 Å². The van der Waals surface area contributed by atoms with Crippen LogP contribution in [0.4, 0.5) is 10.1 Å². The van der Waals surface area contributed by atoms with E-state index in [1.165, 1.54) is 6.07 Å². The summed E-state index contributed by atoms with van der Waals surface area (Å²) in [5.74, 6) is -0.501. The predicted molar refractivity (Wildman–Crippen MR) is 57.7 cm³/mol. The zero-order valence-corrected chi connectivity index (χ0v) is 8.81. The topological polar surface area (TPSA) is 52.0 Å². The van der Waals surface area contributed by atoms with Crippen LogP contribution in [0, 0.1) is 5.82 Å². The first-order chi connectivity index (χ1) is 6.56. The highest BCUT2D eigenvalue weighted by molar-refractivity contribution is 6.33. The summed E-state index contributed by atoms with van der Waals surface area (Å²) in [6.45, 7) is 2.02. The molecule has 0 bridgehead atoms. The smallest absolute Gasteiger partial charge is 0.147 e. The van der Waals surface area contributed by atoms with Crippen LogP contribution in [0.3, 0.4) is 0 Å². The van der Waals surface area contributed by atoms with Crippen molar-refractivity contribution in [2.24, 2.45) is 5.73 Å². The minimum atomic E-state index is -0.501. The summed E-state index contributed by atoms with van der Waals surface area (Å²) in [6.07, 6.45) is 1.75. The lowest BCUT2D eigenvalue weighted by molar-refractivity contribution is 0.608. The molecule has 0 fully saturated rings. The number of nitrogen functional groups attached to an aromatic ring is 1. The van der Waals surface area contributed by atoms with E-state index in [9.17, 15) is 4.39 Å². The van der Waals surface area contributed by atoms with Gasteiger partial charge in [0.15, 0.2) is 0 Å². The van der Waals surface area contributed by atoms with Crippen molar-refractivity contribution < 1.29 is 4.39 Å². The second-order valence-corrected chi connectivity index (χ2v) is 3.70. The maximum absolute atomic E-state index is 13.2. The minimum Gasteiger partial charge on any atom is -0.395 e. The van der Waals surface area contributed by atoms with Crippen molar-refractivity contribution in [2.45, 2.75) is 25.8 Å². The number of hydrogen-bond donors (Lipinski definition) is 2. The van der Waals surface area contributed by atoms with E-state index in [2.05, 4.69) is 0 Å². The van der Waals surface area contributed by atoms with E-state index >= 15 is 0 Å². The van der Waals surface area contributed by atoms with Gasteiger partial charge < -0.3 is 11.5 Å². The van der Waals surface area contributed by atoms with Gasteiger partial charge in [0.05, 0.1) is 10.7 Å². The molecule has 0 aliphatic carbocycles. The first-order valence-electron chi connectivity index (χ1n) is 4.56. The number of hydrogen-bond acceptors (Lipinski definition) is 2. The largest absolute Gasteiger partial charge is 0.395 e. The summed E-state index contributed by atoms with van der Waals surface area (Å²) < 4.78 is 13.2. The molecule has 0 saturated carbocycles. The molecule has 0 heterocycles. The first kappa shape index (κ1) is 11.3. The molecular formula is C10H14ClFN2. The molecule has 0 saturated heterocycles. The van der Waals surface area contributed by atoms with Gasteiger partial charge in [0.2, 0.25) is 0 Å². The zero-order valence-electron chi connectivity index (χ0n) is 8.06. The van der Waals surface area contributed by atoms with Crippen LogP contribution in [0.25, 0.3) is 0 Å². The van der Waals surface area contributed by atoms with Crippen LogP contribution in [0.5, 0.6) is 0 Å². The van der Waals surface area contributed by atoms with Gasteiger partial charge in [-0.05, 0) is 24.1 Å². The third-order valence-corrected chi connectivity index (χ3v) is 2.44. The Morgan fingerprint density at radius 1 is 1.50 bits per heavy atom. The Balaban J connectivity index is 3.00. The molecule has 0 spiro atoms. The highest BCUT2D eigenvalue weighted by Crippen LogP contribution is 2.27. The molecule has 1 rings (SSSR count). The van der Waals surface area contributed by atoms with Gasteiger partial charge in [0.1, 0.15) is 5.82 Å². The maximum Gasteiger partial charge on any atom is 0.147 e. The van der Waals surface area contributed by atoms with Crippen LogP contribution in [-0.2, 0) is 0 Å². The van der Waals surface area contributed by atoms with E-state index < -0.39 is 5.82 Å². The number of benzene rings is 1. The Morgan fingerprint density at radius 2 is 2.14 bits per heavy atom. The van der Waals surface area contributed by atoms with Crippen molar-refractivity contribution in [2.75, 3.05) is 5.73 Å². The van der Waals surface area contributed by atoms with E-state index in [-0.39, 0.29) is 16.8 Å². The Labute approximate surface area is 88.0 Å². The molecule has 1 aromatic rings. The molecule has 14 heavy (non-hydrogen) atoms. The maximum atomic E-state index is 13.2. The van der Waals surface area contributed by atoms with Gasteiger partial charge in [0, 0.05) is 6.04 Å². The fourth-order valence-corrected chi connectivity index (χ4v) is 1.51. The molecule has 0 amide bonds. The number of halogens is 2. The Morgan fingerprint density at radius 3 is 2.64 bits per heavy atom. The third kappa shape index (κ3) is 2.36. The van der Waals surface area contributed by atoms with Crippen LogP contribution < -0.4 is 11.5 Å². The average Bonchev–Trinajstić information content (AvgIpc) is 2.13. The number of rotatable bonds is 3. The molecule has 2 nitrogen and oxygen atoms in total. The Bertz CT molecular complexity index is 305. The van der Waals surface area contributed by atoms with Crippen molar-refractivity contribution in [3.63, 3.8) is 0 Å². The highest BCUT2D eigenvalue weighted by Gasteiger charge is 2.10. The lowest BCUT2D eigenvalue weighted by Gasteiger charge is -2.12. The van der Waals surface area contributed by atoms with Crippen molar-refractivity contribution in [3.05, 3.63) is 28.5 Å². The molecule has 1 atom stereocenters. The molecule has 1 aromatic carbocycles. The number of anilines is 1. The third-order valence-electron chi connectivity index (χ3n) is 2.13. The van der Waals surface area contributed by atoms with Gasteiger partial charge in [0.25, 0.3) is 0 Å². The zero-order chi connectivity index (χ0) is 10.7. The molecule has 4 N–H and O–H groups in total. The summed E-state index contributed by atoms with van der Waals surface area (Å²) in [7, 11) is 0. The minimum absolute atomic E-state index is 0.0147. The van der Waals surface area contributed by atoms with Crippen LogP contribution >= 0.6 is 11.6 Å². The molecule has 4 heteroatoms. The second kappa shape index (κ2) is 4.62. The standard InChI is InChI=1S/C10H14ClFN2/c1-2-3-9(13)6-4-7(11)10(14)8(12)5-6/h4-5,9H,2-3,13-14H2,1H3. The summed E-state index contributed by atoms with van der Waals surface area (Å²) in [5, 5.41) is 0.228. The SMILES string of the molecule is CCCC(N)c1cc(F)c(N)c(Cl)c1. The number of nitrogens with two attached hydrogens (primary N) is 2. The monoisotopic (exact) mass is 216 g/mol. The van der Waals surface area contributed by atoms with E-state index in [0.717, 1.165) is 12.8 Å². The molecule has 1 unspecified atom stereocenters. The van der Waals surface area contributed by atoms with Crippen LogP contribution in [0.2, 0.25) is 5.02 Å². The van der Waals surface area contributed by atoms with Crippen molar-refractivity contribution in [1.82, 2.24) is 0 Å². The lowest BCUT2D eigenvalue weighted by Crippen LogP contribution is -2.10. The summed E-state index contributed by atoms with van der Waals surface area (Å²) in [4.78, 5) is 0. The second-order valence-electron chi connectivity index (χ2n) is 3.29. The van der Waals surface area contributed by atoms with Gasteiger partial charge in [-0.2, -0.15) is 0 Å². The van der Waals surface area contributed by atoms with E-state index in [0.29, 0.717) is 5.56 Å². The quantitative estimate of drug-likeness (QED) is 0.764. The molecule has 0 aliphatic heterocycles. The van der Waals surface area contributed by atoms with Crippen molar-refractivity contribution >= 4 is 17.3 Å². The van der Waals surface area contributed by atoms with E-state index in [1.807, 2.05) is 6.92 Å². The molecule has 0 radical (unpaired) electrons. The molecule has 0 aliphatic rings. The molecular weight excluding hydrogens is 203 g/mol. The van der Waals surface area contributed by atoms with Crippen molar-refractivity contribution in [3.8, 4) is 0 Å². The fourth-order valence-electron chi connectivity index (χ4n) is 1.30. The summed E-state index contributed by atoms with van der Waals surface area (Å²) in [5.41, 5.74) is 11.9. The van der Waals surface area contributed by atoms with E-state index in [1.54, 1.807) is 6.07 Å². The van der Waals surface area contributed by atoms with Gasteiger partial charge >= 0.3 is 0 Å². The van der Waals surface area contributed by atoms with Gasteiger partial charge in [-0.15, -0.1) is 0 Å². The predicted octanol–water partition coefficient (Wildman–Crippen LogP) is 2.86. The lowest BCUT2D eigenvalue weighted by atomic mass is 10.0. The van der Waals surface area contributed by atoms with E-state index in [4.69, 9.17) is 23.1 Å². The molecule has 0 aromatic heterocycles. The van der Waals surface area contributed by atoms with Crippen molar-refractivity contribution in [1.29, 1.82) is 0 Å². The first-order valence-corrected chi connectivity index (χ1v) is 4.94. The van der Waals surface area contributed by atoms with Crippen LogP contribution in [0.15, 0.2) is 12.1 Å². The normalized spacial score (nSPS) is 12.9. The average molecular weight is 217 g/mol. The summed E-state index contributed by atoms with van der Waals surface area (Å²) >= 11 is 5.74. The fraction of sp³-hybridized carbons (Fsp3) is 0.400. The summed E-state index contributed by atoms with van der Waals surface area (Å²) in [6, 6.07) is 2.80. The van der Waals surface area contributed by atoms with Crippen LogP contribution in [-0.4, -0.2) is 0 Å². The highest BCUT2D eigenvalue weighted by atomic mass is 35.5. The van der Waals surface area contributed by atoms with Crippen LogP contribution in [0.1, 0.15) is 31.4 Å².